The molecule has 138 valence electrons. The number of nitrogens with one attached hydrogen (secondary N) is 1. The van der Waals surface area contributed by atoms with Gasteiger partial charge in [-0.05, 0) is 37.1 Å². The Balaban J connectivity index is 2.13. The minimum Gasteiger partial charge on any atom is -0.494 e. The summed E-state index contributed by atoms with van der Waals surface area (Å²) in [7, 11) is 1.37. The maximum atomic E-state index is 13.8. The molecule has 0 aliphatic heterocycles. The molecule has 6 heteroatoms. The molecule has 1 amide bonds. The Morgan fingerprint density at radius 2 is 1.88 bits per heavy atom. The zero-order chi connectivity index (χ0) is 19.3. The fraction of sp³-hybridized carbons (Fsp3) is 0.300. The van der Waals surface area contributed by atoms with Gasteiger partial charge in [0.1, 0.15) is 0 Å². The van der Waals surface area contributed by atoms with Crippen molar-refractivity contribution in [2.24, 2.45) is 0 Å². The van der Waals surface area contributed by atoms with Gasteiger partial charge in [0.2, 0.25) is 5.91 Å². The van der Waals surface area contributed by atoms with Gasteiger partial charge in [-0.1, -0.05) is 36.4 Å². The van der Waals surface area contributed by atoms with Gasteiger partial charge in [-0.25, -0.2) is 4.39 Å². The molecule has 0 aromatic heterocycles. The first kappa shape index (κ1) is 19.4. The van der Waals surface area contributed by atoms with Gasteiger partial charge in [0.05, 0.1) is 18.6 Å². The molecule has 0 unspecified atom stereocenters. The summed E-state index contributed by atoms with van der Waals surface area (Å²) in [6.07, 6.45) is -0.227. The average molecular weight is 359 g/mol. The van der Waals surface area contributed by atoms with Crippen LogP contribution in [0.25, 0.3) is 0 Å². The lowest BCUT2D eigenvalue weighted by molar-refractivity contribution is -0.145. The zero-order valence-corrected chi connectivity index (χ0v) is 15.0. The number of halogens is 1. The highest BCUT2D eigenvalue weighted by Crippen LogP contribution is 2.29. The molecule has 0 radical (unpaired) electrons. The number of carbonyl (C=O) groups excluding carboxylic acids is 1. The smallest absolute Gasteiger partial charge is 0.314 e. The monoisotopic (exact) mass is 359 g/mol. The molecule has 0 aliphatic rings. The summed E-state index contributed by atoms with van der Waals surface area (Å²) in [6.45, 7) is 3.22. The van der Waals surface area contributed by atoms with Crippen LogP contribution in [0.3, 0.4) is 0 Å². The van der Waals surface area contributed by atoms with Crippen molar-refractivity contribution in [2.45, 2.75) is 31.7 Å². The number of amides is 1. The number of methoxy groups -OCH3 is 1. The van der Waals surface area contributed by atoms with Crippen LogP contribution in [-0.4, -0.2) is 24.1 Å². The molecule has 2 atom stereocenters. The summed E-state index contributed by atoms with van der Waals surface area (Å²) < 4.78 is 18.7. The number of carbonyl (C=O) groups is 2. The number of carboxylic acid groups (broad SMARTS) is 1. The maximum Gasteiger partial charge on any atom is 0.314 e. The molecule has 2 N–H and O–H groups in total. The summed E-state index contributed by atoms with van der Waals surface area (Å²) in [5.74, 6) is -1.91. The predicted molar refractivity (Wildman–Crippen MR) is 95.6 cm³/mol. The lowest BCUT2D eigenvalue weighted by atomic mass is 9.79. The first-order valence-corrected chi connectivity index (χ1v) is 8.19. The van der Waals surface area contributed by atoms with Crippen molar-refractivity contribution in [3.8, 4) is 5.75 Å². The second-order valence-corrected chi connectivity index (χ2v) is 6.36. The van der Waals surface area contributed by atoms with E-state index in [1.54, 1.807) is 43.3 Å². The van der Waals surface area contributed by atoms with E-state index in [0.29, 0.717) is 11.1 Å². The fourth-order valence-electron chi connectivity index (χ4n) is 2.76. The number of benzene rings is 2. The van der Waals surface area contributed by atoms with E-state index in [9.17, 15) is 19.1 Å². The zero-order valence-electron chi connectivity index (χ0n) is 15.0. The topological polar surface area (TPSA) is 75.6 Å². The van der Waals surface area contributed by atoms with Crippen LogP contribution in [0.5, 0.6) is 5.75 Å². The molecule has 26 heavy (non-hydrogen) atoms. The Kier molecular flexibility index (Phi) is 5.97. The fourth-order valence-corrected chi connectivity index (χ4v) is 2.76. The van der Waals surface area contributed by atoms with Gasteiger partial charge < -0.3 is 15.2 Å². The molecular formula is C20H22FNO4. The van der Waals surface area contributed by atoms with E-state index < -0.39 is 29.2 Å². The summed E-state index contributed by atoms with van der Waals surface area (Å²) in [4.78, 5) is 24.2. The third-order valence-electron chi connectivity index (χ3n) is 4.45. The predicted octanol–water partition coefficient (Wildman–Crippen LogP) is 3.44. The standard InChI is InChI=1S/C20H22FNO4/c1-13(14-9-10-17(26-3)16(21)11-14)22-18(23)12-20(2,19(24)25)15-7-5-4-6-8-15/h4-11,13H,12H2,1-3H3,(H,22,23)(H,24,25)/t13-,20+/m1/s1. The minimum absolute atomic E-state index is 0.120. The van der Waals surface area contributed by atoms with Crippen LogP contribution in [0.2, 0.25) is 0 Å². The van der Waals surface area contributed by atoms with Gasteiger partial charge in [0, 0.05) is 6.42 Å². The number of rotatable bonds is 7. The van der Waals surface area contributed by atoms with Gasteiger partial charge in [-0.3, -0.25) is 9.59 Å². The van der Waals surface area contributed by atoms with Crippen molar-refractivity contribution < 1.29 is 23.8 Å². The van der Waals surface area contributed by atoms with Crippen LogP contribution in [0.4, 0.5) is 4.39 Å². The average Bonchev–Trinajstić information content (AvgIpc) is 2.61. The summed E-state index contributed by atoms with van der Waals surface area (Å²) in [5.41, 5.74) is -0.241. The van der Waals surface area contributed by atoms with Crippen LogP contribution in [0.15, 0.2) is 48.5 Å². The van der Waals surface area contributed by atoms with Crippen LogP contribution in [0.1, 0.15) is 37.4 Å². The van der Waals surface area contributed by atoms with Crippen LogP contribution >= 0.6 is 0 Å². The Morgan fingerprint density at radius 3 is 2.42 bits per heavy atom. The molecule has 5 nitrogen and oxygen atoms in total. The molecular weight excluding hydrogens is 337 g/mol. The summed E-state index contributed by atoms with van der Waals surface area (Å²) in [5, 5.41) is 12.4. The van der Waals surface area contributed by atoms with E-state index in [1.165, 1.54) is 26.2 Å². The van der Waals surface area contributed by atoms with E-state index >= 15 is 0 Å². The van der Waals surface area contributed by atoms with E-state index in [0.717, 1.165) is 0 Å². The van der Waals surface area contributed by atoms with E-state index in [4.69, 9.17) is 4.74 Å². The number of carboxylic acids is 1. The third kappa shape index (κ3) is 4.20. The van der Waals surface area contributed by atoms with Gasteiger partial charge in [-0.15, -0.1) is 0 Å². The van der Waals surface area contributed by atoms with Gasteiger partial charge in [-0.2, -0.15) is 0 Å². The normalized spacial score (nSPS) is 14.2. The lowest BCUT2D eigenvalue weighted by Gasteiger charge is -2.26. The lowest BCUT2D eigenvalue weighted by Crippen LogP contribution is -2.39. The van der Waals surface area contributed by atoms with Crippen LogP contribution < -0.4 is 10.1 Å². The van der Waals surface area contributed by atoms with Crippen LogP contribution in [0, 0.1) is 5.82 Å². The van der Waals surface area contributed by atoms with E-state index in [1.807, 2.05) is 0 Å². The van der Waals surface area contributed by atoms with Gasteiger partial charge in [0.25, 0.3) is 0 Å². The van der Waals surface area contributed by atoms with Crippen molar-refractivity contribution in [1.82, 2.24) is 5.32 Å². The third-order valence-corrected chi connectivity index (χ3v) is 4.45. The van der Waals surface area contributed by atoms with E-state index in [2.05, 4.69) is 5.32 Å². The van der Waals surface area contributed by atoms with Gasteiger partial charge >= 0.3 is 5.97 Å². The molecule has 0 spiro atoms. The molecule has 2 aromatic carbocycles. The first-order chi connectivity index (χ1) is 12.3. The van der Waals surface area contributed by atoms with E-state index in [-0.39, 0.29) is 12.2 Å². The Bertz CT molecular complexity index is 794. The molecule has 0 fully saturated rings. The van der Waals surface area contributed by atoms with Gasteiger partial charge in [0.15, 0.2) is 11.6 Å². The molecule has 2 rings (SSSR count). The highest BCUT2D eigenvalue weighted by molar-refractivity contribution is 5.89. The molecule has 0 saturated carbocycles. The number of ether oxygens (including phenoxy) is 1. The molecule has 0 saturated heterocycles. The Labute approximate surface area is 151 Å². The largest absolute Gasteiger partial charge is 0.494 e. The maximum absolute atomic E-state index is 13.8. The highest BCUT2D eigenvalue weighted by Gasteiger charge is 2.37. The van der Waals surface area contributed by atoms with Crippen molar-refractivity contribution in [3.05, 3.63) is 65.5 Å². The number of aliphatic carboxylic acids is 1. The molecule has 0 heterocycles. The molecule has 0 bridgehead atoms. The Morgan fingerprint density at radius 1 is 1.23 bits per heavy atom. The summed E-state index contributed by atoms with van der Waals surface area (Å²) >= 11 is 0. The van der Waals surface area contributed by atoms with Crippen molar-refractivity contribution in [3.63, 3.8) is 0 Å². The highest BCUT2D eigenvalue weighted by atomic mass is 19.1. The number of hydrogen-bond donors (Lipinski definition) is 2. The molecule has 2 aromatic rings. The van der Waals surface area contributed by atoms with Crippen molar-refractivity contribution in [2.75, 3.05) is 7.11 Å². The second-order valence-electron chi connectivity index (χ2n) is 6.36. The Hall–Kier alpha value is -2.89. The first-order valence-electron chi connectivity index (χ1n) is 8.19. The second kappa shape index (κ2) is 7.99. The van der Waals surface area contributed by atoms with Crippen molar-refractivity contribution in [1.29, 1.82) is 0 Å². The minimum atomic E-state index is -1.35. The number of hydrogen-bond acceptors (Lipinski definition) is 3. The summed E-state index contributed by atoms with van der Waals surface area (Å²) in [6, 6.07) is 12.6. The SMILES string of the molecule is COc1ccc([C@@H](C)NC(=O)C[C@](C)(C(=O)O)c2ccccc2)cc1F. The quantitative estimate of drug-likeness (QED) is 0.794. The molecule has 0 aliphatic carbocycles. The van der Waals surface area contributed by atoms with Crippen molar-refractivity contribution >= 4 is 11.9 Å². The van der Waals surface area contributed by atoms with Crippen LogP contribution in [-0.2, 0) is 15.0 Å².